The molecule has 0 fully saturated rings. The lowest BCUT2D eigenvalue weighted by atomic mass is 10.1. The molecule has 0 saturated carbocycles. The fourth-order valence-corrected chi connectivity index (χ4v) is 1.62. The van der Waals surface area contributed by atoms with Gasteiger partial charge in [0.25, 0.3) is 6.04 Å². The number of ether oxygens (including phenoxy) is 1. The van der Waals surface area contributed by atoms with Crippen LogP contribution in [-0.2, 0) is 9.59 Å². The van der Waals surface area contributed by atoms with Crippen molar-refractivity contribution in [1.29, 1.82) is 0 Å². The Morgan fingerprint density at radius 2 is 1.95 bits per heavy atom. The third-order valence-corrected chi connectivity index (χ3v) is 2.74. The van der Waals surface area contributed by atoms with Gasteiger partial charge in [0.2, 0.25) is 11.7 Å². The van der Waals surface area contributed by atoms with Crippen LogP contribution in [0.15, 0.2) is 24.3 Å². The number of hydrogen-bond acceptors (Lipinski definition) is 5. The summed E-state index contributed by atoms with van der Waals surface area (Å²) in [4.78, 5) is 32.6. The van der Waals surface area contributed by atoms with Crippen molar-refractivity contribution in [2.24, 2.45) is 0 Å². The summed E-state index contributed by atoms with van der Waals surface area (Å²) in [5.41, 5.74) is 0.566. The number of anilines is 1. The zero-order valence-electron chi connectivity index (χ0n) is 11.3. The van der Waals surface area contributed by atoms with E-state index in [1.54, 1.807) is 24.3 Å². The number of carbonyl (C=O) groups excluding carboxylic acids is 2. The average Bonchev–Trinajstić information content (AvgIpc) is 2.39. The van der Waals surface area contributed by atoms with E-state index in [0.717, 1.165) is 6.92 Å². The monoisotopic (exact) mass is 280 g/mol. The van der Waals surface area contributed by atoms with E-state index in [1.807, 2.05) is 0 Å². The number of Topliss-reactive ketones (excluding diaryl/α,β-unsaturated/α-hetero) is 1. The Morgan fingerprint density at radius 1 is 1.35 bits per heavy atom. The van der Waals surface area contributed by atoms with Crippen molar-refractivity contribution in [2.75, 3.05) is 12.4 Å². The maximum atomic E-state index is 11.6. The maximum absolute atomic E-state index is 11.6. The van der Waals surface area contributed by atoms with E-state index in [1.165, 1.54) is 7.11 Å². The molecular weight excluding hydrogens is 264 g/mol. The van der Waals surface area contributed by atoms with E-state index in [2.05, 4.69) is 5.32 Å². The molecule has 0 aromatic heterocycles. The molecule has 108 valence electrons. The minimum absolute atomic E-state index is 0.0861. The second-order valence-electron chi connectivity index (χ2n) is 4.23. The van der Waals surface area contributed by atoms with E-state index in [0.29, 0.717) is 11.4 Å². The van der Waals surface area contributed by atoms with Crippen LogP contribution in [0.5, 0.6) is 5.75 Å². The van der Waals surface area contributed by atoms with Crippen LogP contribution in [0.1, 0.15) is 19.8 Å². The quantitative estimate of drug-likeness (QED) is 0.604. The highest BCUT2D eigenvalue weighted by Gasteiger charge is 2.26. The van der Waals surface area contributed by atoms with Crippen LogP contribution < -0.4 is 10.1 Å². The number of nitro groups is 1. The van der Waals surface area contributed by atoms with Crippen LogP contribution in [0.2, 0.25) is 0 Å². The smallest absolute Gasteiger partial charge is 0.270 e. The predicted octanol–water partition coefficient (Wildman–Crippen LogP) is 1.65. The number of carbonyl (C=O) groups is 2. The standard InChI is InChI=1S/C13H16N2O5/c1-9(16)12(15(18)19)7-8-13(17)14-10-3-5-11(20-2)6-4-10/h3-6,12H,7-8H2,1-2H3,(H,14,17). The normalized spacial score (nSPS) is 11.5. The first-order chi connectivity index (χ1) is 9.43. The molecule has 0 bridgehead atoms. The molecule has 0 radical (unpaired) electrons. The topological polar surface area (TPSA) is 98.5 Å². The lowest BCUT2D eigenvalue weighted by Gasteiger charge is -2.07. The molecule has 1 rings (SSSR count). The molecule has 0 aliphatic heterocycles. The Morgan fingerprint density at radius 3 is 2.40 bits per heavy atom. The van der Waals surface area contributed by atoms with Gasteiger partial charge in [0.05, 0.1) is 7.11 Å². The molecule has 0 saturated heterocycles. The lowest BCUT2D eigenvalue weighted by molar-refractivity contribution is -0.507. The van der Waals surface area contributed by atoms with Gasteiger partial charge < -0.3 is 10.1 Å². The first-order valence-corrected chi connectivity index (χ1v) is 6.02. The number of hydrogen-bond donors (Lipinski definition) is 1. The van der Waals surface area contributed by atoms with Crippen molar-refractivity contribution < 1.29 is 19.2 Å². The fraction of sp³-hybridized carbons (Fsp3) is 0.385. The van der Waals surface area contributed by atoms with Gasteiger partial charge in [-0.1, -0.05) is 0 Å². The van der Waals surface area contributed by atoms with E-state index in [9.17, 15) is 19.7 Å². The van der Waals surface area contributed by atoms with Gasteiger partial charge in [-0.3, -0.25) is 19.7 Å². The second kappa shape index (κ2) is 7.22. The highest BCUT2D eigenvalue weighted by Crippen LogP contribution is 2.15. The van der Waals surface area contributed by atoms with Crippen LogP contribution in [0, 0.1) is 10.1 Å². The second-order valence-corrected chi connectivity index (χ2v) is 4.23. The first kappa shape index (κ1) is 15.6. The lowest BCUT2D eigenvalue weighted by Crippen LogP contribution is -2.28. The molecule has 1 aromatic carbocycles. The van der Waals surface area contributed by atoms with Crippen LogP contribution in [0.3, 0.4) is 0 Å². The van der Waals surface area contributed by atoms with Crippen molar-refractivity contribution in [2.45, 2.75) is 25.8 Å². The Kier molecular flexibility index (Phi) is 5.64. The largest absolute Gasteiger partial charge is 0.497 e. The van der Waals surface area contributed by atoms with Crippen LogP contribution in [-0.4, -0.2) is 29.8 Å². The summed E-state index contributed by atoms with van der Waals surface area (Å²) < 4.78 is 4.98. The van der Waals surface area contributed by atoms with Crippen molar-refractivity contribution in [3.05, 3.63) is 34.4 Å². The molecule has 0 spiro atoms. The Hall–Kier alpha value is -2.44. The van der Waals surface area contributed by atoms with Crippen LogP contribution in [0.4, 0.5) is 5.69 Å². The van der Waals surface area contributed by atoms with E-state index in [-0.39, 0.29) is 18.7 Å². The molecule has 7 heteroatoms. The molecule has 7 nitrogen and oxygen atoms in total. The zero-order chi connectivity index (χ0) is 15.1. The number of amides is 1. The molecule has 1 atom stereocenters. The average molecular weight is 280 g/mol. The van der Waals surface area contributed by atoms with Gasteiger partial charge in [-0.05, 0) is 24.3 Å². The van der Waals surface area contributed by atoms with Crippen LogP contribution in [0.25, 0.3) is 0 Å². The summed E-state index contributed by atoms with van der Waals surface area (Å²) in [6.45, 7) is 1.15. The number of methoxy groups -OCH3 is 1. The van der Waals surface area contributed by atoms with Crippen molar-refractivity contribution in [3.8, 4) is 5.75 Å². The molecule has 1 aromatic rings. The molecule has 20 heavy (non-hydrogen) atoms. The Balaban J connectivity index is 2.50. The summed E-state index contributed by atoms with van der Waals surface area (Å²) in [6, 6.07) is 5.37. The molecule has 0 aliphatic carbocycles. The number of nitrogens with one attached hydrogen (secondary N) is 1. The SMILES string of the molecule is COc1ccc(NC(=O)CCC(C(C)=O)[N+](=O)[O-])cc1. The number of rotatable bonds is 7. The molecule has 0 heterocycles. The molecule has 1 unspecified atom stereocenters. The molecule has 1 N–H and O–H groups in total. The molecule has 1 amide bonds. The van der Waals surface area contributed by atoms with Gasteiger partial charge in [-0.25, -0.2) is 0 Å². The third kappa shape index (κ3) is 4.68. The summed E-state index contributed by atoms with van der Waals surface area (Å²) in [7, 11) is 1.53. The van der Waals surface area contributed by atoms with E-state index in [4.69, 9.17) is 4.74 Å². The van der Waals surface area contributed by atoms with Gasteiger partial charge in [0, 0.05) is 30.4 Å². The summed E-state index contributed by atoms with van der Waals surface area (Å²) in [6.07, 6.45) is -0.193. The maximum Gasteiger partial charge on any atom is 0.270 e. The van der Waals surface area contributed by atoms with Crippen molar-refractivity contribution in [1.82, 2.24) is 0 Å². The van der Waals surface area contributed by atoms with E-state index < -0.39 is 16.7 Å². The number of benzene rings is 1. The highest BCUT2D eigenvalue weighted by molar-refractivity contribution is 5.91. The zero-order valence-corrected chi connectivity index (χ0v) is 11.3. The fourth-order valence-electron chi connectivity index (χ4n) is 1.62. The van der Waals surface area contributed by atoms with Gasteiger partial charge in [0.1, 0.15) is 5.75 Å². The molecular formula is C13H16N2O5. The van der Waals surface area contributed by atoms with Gasteiger partial charge >= 0.3 is 0 Å². The number of ketones is 1. The first-order valence-electron chi connectivity index (χ1n) is 6.02. The van der Waals surface area contributed by atoms with Gasteiger partial charge in [-0.2, -0.15) is 0 Å². The summed E-state index contributed by atoms with van der Waals surface area (Å²) in [5, 5.41) is 13.2. The van der Waals surface area contributed by atoms with Crippen molar-refractivity contribution >= 4 is 17.4 Å². The van der Waals surface area contributed by atoms with Gasteiger partial charge in [0.15, 0.2) is 0 Å². The minimum atomic E-state index is -1.32. The van der Waals surface area contributed by atoms with Gasteiger partial charge in [-0.15, -0.1) is 0 Å². The Labute approximate surface area is 116 Å². The third-order valence-electron chi connectivity index (χ3n) is 2.74. The highest BCUT2D eigenvalue weighted by atomic mass is 16.6. The number of nitrogens with zero attached hydrogens (tertiary/aromatic N) is 1. The molecule has 0 aliphatic rings. The summed E-state index contributed by atoms with van der Waals surface area (Å²) in [5.74, 6) is -0.261. The predicted molar refractivity (Wildman–Crippen MR) is 72.3 cm³/mol. The minimum Gasteiger partial charge on any atom is -0.497 e. The van der Waals surface area contributed by atoms with Crippen LogP contribution >= 0.6 is 0 Å². The van der Waals surface area contributed by atoms with Crippen molar-refractivity contribution in [3.63, 3.8) is 0 Å². The summed E-state index contributed by atoms with van der Waals surface area (Å²) >= 11 is 0. The Bertz CT molecular complexity index is 484. The van der Waals surface area contributed by atoms with E-state index >= 15 is 0 Å².